The average Bonchev–Trinajstić information content (AvgIpc) is 3.10. The van der Waals surface area contributed by atoms with Gasteiger partial charge in [0.25, 0.3) is 0 Å². The van der Waals surface area contributed by atoms with Crippen LogP contribution >= 0.6 is 0 Å². The Balaban J connectivity index is 1.73. The molecule has 0 aliphatic heterocycles. The van der Waals surface area contributed by atoms with Gasteiger partial charge in [-0.15, -0.1) is 0 Å². The van der Waals surface area contributed by atoms with Gasteiger partial charge in [0.1, 0.15) is 0 Å². The Hall–Kier alpha value is -0.0800. The maximum atomic E-state index is 5.98. The van der Waals surface area contributed by atoms with Crippen molar-refractivity contribution in [2.45, 2.75) is 70.9 Å². The fourth-order valence-electron chi connectivity index (χ4n) is 2.99. The highest BCUT2D eigenvalue weighted by Crippen LogP contribution is 2.31. The van der Waals surface area contributed by atoms with E-state index in [0.29, 0.717) is 6.04 Å². The lowest BCUT2D eigenvalue weighted by Crippen LogP contribution is -2.36. The van der Waals surface area contributed by atoms with Crippen molar-refractivity contribution >= 4 is 0 Å². The Bertz CT molecular complexity index is 215. The first-order valence-corrected chi connectivity index (χ1v) is 7.64. The first-order chi connectivity index (χ1) is 8.15. The van der Waals surface area contributed by atoms with Gasteiger partial charge in [-0.25, -0.2) is 0 Å². The van der Waals surface area contributed by atoms with Gasteiger partial charge in [0.05, 0.1) is 0 Å². The van der Waals surface area contributed by atoms with Gasteiger partial charge >= 0.3 is 0 Å². The monoisotopic (exact) mass is 238 g/mol. The van der Waals surface area contributed by atoms with Crippen molar-refractivity contribution in [2.75, 3.05) is 13.1 Å². The van der Waals surface area contributed by atoms with Crippen LogP contribution in [0.25, 0.3) is 0 Å². The van der Waals surface area contributed by atoms with E-state index >= 15 is 0 Å². The zero-order valence-electron chi connectivity index (χ0n) is 11.7. The SMILES string of the molecule is CC(C)CCN(CC1CCC(N)CC1)C1CC1. The van der Waals surface area contributed by atoms with Gasteiger partial charge < -0.3 is 10.6 Å². The maximum Gasteiger partial charge on any atom is 0.00965 e. The predicted molar refractivity (Wildman–Crippen MR) is 74.0 cm³/mol. The number of hydrogen-bond donors (Lipinski definition) is 1. The molecule has 0 radical (unpaired) electrons. The van der Waals surface area contributed by atoms with Crippen LogP contribution < -0.4 is 5.73 Å². The Kier molecular flexibility index (Phi) is 4.87. The van der Waals surface area contributed by atoms with Crippen LogP contribution in [0.5, 0.6) is 0 Å². The van der Waals surface area contributed by atoms with Gasteiger partial charge in [0.15, 0.2) is 0 Å². The van der Waals surface area contributed by atoms with E-state index in [1.807, 2.05) is 0 Å². The fraction of sp³-hybridized carbons (Fsp3) is 1.00. The van der Waals surface area contributed by atoms with Gasteiger partial charge in [0.2, 0.25) is 0 Å². The summed E-state index contributed by atoms with van der Waals surface area (Å²) in [5.41, 5.74) is 5.98. The van der Waals surface area contributed by atoms with Gasteiger partial charge in [-0.05, 0) is 63.3 Å². The maximum absolute atomic E-state index is 5.98. The van der Waals surface area contributed by atoms with Crippen LogP contribution in [0.15, 0.2) is 0 Å². The summed E-state index contributed by atoms with van der Waals surface area (Å²) in [7, 11) is 0. The topological polar surface area (TPSA) is 29.3 Å². The molecule has 2 saturated carbocycles. The van der Waals surface area contributed by atoms with Crippen molar-refractivity contribution in [1.29, 1.82) is 0 Å². The molecule has 0 spiro atoms. The largest absolute Gasteiger partial charge is 0.328 e. The second-order valence-electron chi connectivity index (χ2n) is 6.69. The second-order valence-corrected chi connectivity index (χ2v) is 6.69. The lowest BCUT2D eigenvalue weighted by Gasteiger charge is -2.32. The molecule has 2 fully saturated rings. The van der Waals surface area contributed by atoms with Crippen molar-refractivity contribution in [3.05, 3.63) is 0 Å². The van der Waals surface area contributed by atoms with Crippen LogP contribution in [0, 0.1) is 11.8 Å². The zero-order valence-corrected chi connectivity index (χ0v) is 11.7. The Morgan fingerprint density at radius 3 is 2.24 bits per heavy atom. The second kappa shape index (κ2) is 6.19. The van der Waals surface area contributed by atoms with Gasteiger partial charge in [-0.2, -0.15) is 0 Å². The Morgan fingerprint density at radius 2 is 1.71 bits per heavy atom. The fourth-order valence-corrected chi connectivity index (χ4v) is 2.99. The molecule has 2 heteroatoms. The first-order valence-electron chi connectivity index (χ1n) is 7.64. The summed E-state index contributed by atoms with van der Waals surface area (Å²) in [6.07, 6.45) is 9.51. The van der Waals surface area contributed by atoms with E-state index in [-0.39, 0.29) is 0 Å². The predicted octanol–water partition coefficient (Wildman–Crippen LogP) is 3.01. The molecule has 2 aliphatic carbocycles. The number of hydrogen-bond acceptors (Lipinski definition) is 2. The summed E-state index contributed by atoms with van der Waals surface area (Å²) in [4.78, 5) is 2.78. The van der Waals surface area contributed by atoms with E-state index in [9.17, 15) is 0 Å². The smallest absolute Gasteiger partial charge is 0.00965 e. The molecule has 2 rings (SSSR count). The number of nitrogens with two attached hydrogens (primary N) is 1. The number of nitrogens with zero attached hydrogens (tertiary/aromatic N) is 1. The summed E-state index contributed by atoms with van der Waals surface area (Å²) < 4.78 is 0. The van der Waals surface area contributed by atoms with Crippen LogP contribution in [-0.4, -0.2) is 30.1 Å². The van der Waals surface area contributed by atoms with Gasteiger partial charge in [-0.1, -0.05) is 13.8 Å². The molecule has 0 aromatic carbocycles. The van der Waals surface area contributed by atoms with Gasteiger partial charge in [-0.3, -0.25) is 0 Å². The van der Waals surface area contributed by atoms with E-state index in [1.54, 1.807) is 0 Å². The zero-order chi connectivity index (χ0) is 12.3. The molecule has 2 N–H and O–H groups in total. The minimum Gasteiger partial charge on any atom is -0.328 e. The normalized spacial score (nSPS) is 30.2. The molecule has 0 amide bonds. The molecule has 0 aromatic rings. The third-order valence-corrected chi connectivity index (χ3v) is 4.44. The Morgan fingerprint density at radius 1 is 1.06 bits per heavy atom. The van der Waals surface area contributed by atoms with Crippen LogP contribution in [0.1, 0.15) is 58.8 Å². The highest BCUT2D eigenvalue weighted by molar-refractivity contribution is 4.87. The molecule has 2 nitrogen and oxygen atoms in total. The van der Waals surface area contributed by atoms with Crippen LogP contribution in [0.2, 0.25) is 0 Å². The lowest BCUT2D eigenvalue weighted by atomic mass is 9.86. The lowest BCUT2D eigenvalue weighted by molar-refractivity contribution is 0.179. The van der Waals surface area contributed by atoms with Gasteiger partial charge in [0, 0.05) is 18.6 Å². The van der Waals surface area contributed by atoms with E-state index in [1.165, 1.54) is 58.0 Å². The van der Waals surface area contributed by atoms with Crippen molar-refractivity contribution in [3.63, 3.8) is 0 Å². The summed E-state index contributed by atoms with van der Waals surface area (Å²) in [5, 5.41) is 0. The third-order valence-electron chi connectivity index (χ3n) is 4.44. The van der Waals surface area contributed by atoms with Crippen LogP contribution in [0.3, 0.4) is 0 Å². The molecular weight excluding hydrogens is 208 g/mol. The molecule has 100 valence electrons. The molecule has 0 heterocycles. The first kappa shape index (κ1) is 13.4. The summed E-state index contributed by atoms with van der Waals surface area (Å²) in [6.45, 7) is 7.35. The highest BCUT2D eigenvalue weighted by atomic mass is 15.2. The molecule has 0 atom stereocenters. The minimum atomic E-state index is 0.497. The quantitative estimate of drug-likeness (QED) is 0.771. The van der Waals surface area contributed by atoms with E-state index in [0.717, 1.165) is 17.9 Å². The Labute approximate surface area is 107 Å². The van der Waals surface area contributed by atoms with Crippen molar-refractivity contribution in [1.82, 2.24) is 4.90 Å². The molecule has 17 heavy (non-hydrogen) atoms. The summed E-state index contributed by atoms with van der Waals surface area (Å²) in [6, 6.07) is 1.43. The average molecular weight is 238 g/mol. The summed E-state index contributed by atoms with van der Waals surface area (Å²) in [5.74, 6) is 1.78. The third kappa shape index (κ3) is 4.59. The van der Waals surface area contributed by atoms with Crippen LogP contribution in [-0.2, 0) is 0 Å². The molecule has 0 bridgehead atoms. The highest BCUT2D eigenvalue weighted by Gasteiger charge is 2.31. The van der Waals surface area contributed by atoms with Crippen LogP contribution in [0.4, 0.5) is 0 Å². The molecule has 0 aromatic heterocycles. The van der Waals surface area contributed by atoms with Crippen molar-refractivity contribution < 1.29 is 0 Å². The van der Waals surface area contributed by atoms with E-state index < -0.39 is 0 Å². The molecular formula is C15H30N2. The van der Waals surface area contributed by atoms with E-state index in [4.69, 9.17) is 5.73 Å². The molecule has 2 aliphatic rings. The number of rotatable bonds is 6. The minimum absolute atomic E-state index is 0.497. The van der Waals surface area contributed by atoms with Crippen molar-refractivity contribution in [3.8, 4) is 0 Å². The molecule has 0 saturated heterocycles. The summed E-state index contributed by atoms with van der Waals surface area (Å²) >= 11 is 0. The molecule has 0 unspecified atom stereocenters. The standard InChI is InChI=1S/C15H30N2/c1-12(2)9-10-17(15-7-8-15)11-13-3-5-14(16)6-4-13/h12-15H,3-11,16H2,1-2H3. The van der Waals surface area contributed by atoms with E-state index in [2.05, 4.69) is 18.7 Å². The van der Waals surface area contributed by atoms with Crippen molar-refractivity contribution in [2.24, 2.45) is 17.6 Å².